The molecule has 0 radical (unpaired) electrons. The topological polar surface area (TPSA) is 61.5 Å². The van der Waals surface area contributed by atoms with Crippen molar-refractivity contribution in [1.29, 1.82) is 0 Å². The van der Waals surface area contributed by atoms with E-state index >= 15 is 0 Å². The van der Waals surface area contributed by atoms with E-state index in [0.29, 0.717) is 18.8 Å². The molecule has 0 atom stereocenters. The molecule has 1 aromatic rings. The van der Waals surface area contributed by atoms with Crippen molar-refractivity contribution in [2.75, 3.05) is 0 Å². The summed E-state index contributed by atoms with van der Waals surface area (Å²) >= 11 is 0. The number of benzene rings is 1. The fourth-order valence-corrected chi connectivity index (χ4v) is 1.37. The van der Waals surface area contributed by atoms with E-state index in [-0.39, 0.29) is 5.97 Å². The minimum absolute atomic E-state index is 0.208. The quantitative estimate of drug-likeness (QED) is 0.409. The minimum atomic E-state index is -0.208. The van der Waals surface area contributed by atoms with Gasteiger partial charge < -0.3 is 4.74 Å². The molecule has 0 aromatic heterocycles. The molecule has 1 aliphatic rings. The van der Waals surface area contributed by atoms with Crippen LogP contribution in [0.15, 0.2) is 18.2 Å². The van der Waals surface area contributed by atoms with Gasteiger partial charge in [-0.15, -0.1) is 0 Å². The second kappa shape index (κ2) is 3.16. The molecule has 0 aliphatic carbocycles. The SMILES string of the molecule is NOCc1ccc2c(c1)CC(=O)O2. The number of rotatable bonds is 2. The molecule has 0 unspecified atom stereocenters. The van der Waals surface area contributed by atoms with E-state index in [2.05, 4.69) is 4.84 Å². The van der Waals surface area contributed by atoms with Gasteiger partial charge in [-0.2, -0.15) is 0 Å². The molecule has 0 spiro atoms. The Balaban J connectivity index is 2.29. The van der Waals surface area contributed by atoms with Crippen molar-refractivity contribution in [3.8, 4) is 5.75 Å². The lowest BCUT2D eigenvalue weighted by molar-refractivity contribution is -0.131. The number of fused-ring (bicyclic) bond motifs is 1. The Morgan fingerprint density at radius 2 is 2.38 bits per heavy atom. The molecule has 0 bridgehead atoms. The van der Waals surface area contributed by atoms with Gasteiger partial charge in [-0.3, -0.25) is 9.63 Å². The van der Waals surface area contributed by atoms with Crippen LogP contribution in [0, 0.1) is 0 Å². The van der Waals surface area contributed by atoms with E-state index in [9.17, 15) is 4.79 Å². The van der Waals surface area contributed by atoms with Gasteiger partial charge in [0.1, 0.15) is 5.75 Å². The highest BCUT2D eigenvalue weighted by atomic mass is 16.6. The van der Waals surface area contributed by atoms with Crippen LogP contribution in [0.5, 0.6) is 5.75 Å². The number of ether oxygens (including phenoxy) is 1. The Bertz CT molecular complexity index is 349. The Hall–Kier alpha value is -1.39. The maximum absolute atomic E-state index is 10.9. The van der Waals surface area contributed by atoms with Crippen molar-refractivity contribution in [2.24, 2.45) is 5.90 Å². The molecule has 1 aliphatic heterocycles. The minimum Gasteiger partial charge on any atom is -0.426 e. The molecule has 2 N–H and O–H groups in total. The number of hydrogen-bond donors (Lipinski definition) is 1. The largest absolute Gasteiger partial charge is 0.426 e. The van der Waals surface area contributed by atoms with E-state index in [1.807, 2.05) is 12.1 Å². The van der Waals surface area contributed by atoms with E-state index < -0.39 is 0 Å². The molecule has 0 amide bonds. The molecule has 13 heavy (non-hydrogen) atoms. The summed E-state index contributed by atoms with van der Waals surface area (Å²) in [5, 5.41) is 0. The molecular formula is C9H9NO3. The number of carbonyl (C=O) groups is 1. The van der Waals surface area contributed by atoms with E-state index in [4.69, 9.17) is 10.6 Å². The summed E-state index contributed by atoms with van der Waals surface area (Å²) in [6, 6.07) is 5.45. The standard InChI is InChI=1S/C9H9NO3/c10-12-5-6-1-2-8-7(3-6)4-9(11)13-8/h1-3H,4-5,10H2. The zero-order chi connectivity index (χ0) is 9.26. The Labute approximate surface area is 75.2 Å². The monoisotopic (exact) mass is 179 g/mol. The molecule has 68 valence electrons. The predicted molar refractivity (Wildman–Crippen MR) is 44.8 cm³/mol. The zero-order valence-electron chi connectivity index (χ0n) is 6.95. The third-order valence-electron chi connectivity index (χ3n) is 1.93. The van der Waals surface area contributed by atoms with Gasteiger partial charge in [0.15, 0.2) is 0 Å². The molecular weight excluding hydrogens is 170 g/mol. The van der Waals surface area contributed by atoms with Crippen LogP contribution in [-0.4, -0.2) is 5.97 Å². The van der Waals surface area contributed by atoms with E-state index in [1.165, 1.54) is 0 Å². The highest BCUT2D eigenvalue weighted by molar-refractivity contribution is 5.80. The van der Waals surface area contributed by atoms with Crippen LogP contribution >= 0.6 is 0 Å². The van der Waals surface area contributed by atoms with Crippen molar-refractivity contribution in [3.63, 3.8) is 0 Å². The Morgan fingerprint density at radius 3 is 3.15 bits per heavy atom. The summed E-state index contributed by atoms with van der Waals surface area (Å²) in [6.07, 6.45) is 0.341. The summed E-state index contributed by atoms with van der Waals surface area (Å²) in [5.41, 5.74) is 1.85. The van der Waals surface area contributed by atoms with Crippen LogP contribution < -0.4 is 10.6 Å². The Kier molecular flexibility index (Phi) is 2.00. The van der Waals surface area contributed by atoms with E-state index in [1.54, 1.807) is 6.07 Å². The zero-order valence-corrected chi connectivity index (χ0v) is 6.95. The first-order valence-corrected chi connectivity index (χ1v) is 3.94. The lowest BCUT2D eigenvalue weighted by Gasteiger charge is -2.00. The summed E-state index contributed by atoms with van der Waals surface area (Å²) in [7, 11) is 0. The predicted octanol–water partition coefficient (Wildman–Crippen LogP) is 0.538. The lowest BCUT2D eigenvalue weighted by Crippen LogP contribution is -2.00. The van der Waals surface area contributed by atoms with E-state index in [0.717, 1.165) is 11.1 Å². The van der Waals surface area contributed by atoms with Crippen molar-refractivity contribution < 1.29 is 14.4 Å². The highest BCUT2D eigenvalue weighted by Crippen LogP contribution is 2.26. The number of carbonyl (C=O) groups excluding carboxylic acids is 1. The normalized spacial score (nSPS) is 14.1. The van der Waals surface area contributed by atoms with Crippen molar-refractivity contribution in [2.45, 2.75) is 13.0 Å². The fourth-order valence-electron chi connectivity index (χ4n) is 1.37. The van der Waals surface area contributed by atoms with Crippen LogP contribution in [0.2, 0.25) is 0 Å². The summed E-state index contributed by atoms with van der Waals surface area (Å²) in [4.78, 5) is 15.4. The maximum atomic E-state index is 10.9. The maximum Gasteiger partial charge on any atom is 0.315 e. The fraction of sp³-hybridized carbons (Fsp3) is 0.222. The molecule has 0 saturated carbocycles. The Morgan fingerprint density at radius 1 is 1.54 bits per heavy atom. The number of nitrogens with two attached hydrogens (primary N) is 1. The smallest absolute Gasteiger partial charge is 0.315 e. The molecule has 1 heterocycles. The van der Waals surface area contributed by atoms with Crippen LogP contribution in [0.3, 0.4) is 0 Å². The molecule has 1 aromatic carbocycles. The average Bonchev–Trinajstić information content (AvgIpc) is 2.44. The first-order chi connectivity index (χ1) is 6.29. The van der Waals surface area contributed by atoms with Gasteiger partial charge in [0.05, 0.1) is 13.0 Å². The van der Waals surface area contributed by atoms with Gasteiger partial charge in [-0.25, -0.2) is 5.90 Å². The van der Waals surface area contributed by atoms with Crippen LogP contribution in [0.4, 0.5) is 0 Å². The first kappa shape index (κ1) is 8.22. The number of hydrogen-bond acceptors (Lipinski definition) is 4. The van der Waals surface area contributed by atoms with Gasteiger partial charge in [0.2, 0.25) is 0 Å². The summed E-state index contributed by atoms with van der Waals surface area (Å²) in [5.74, 6) is 5.37. The van der Waals surface area contributed by atoms with Gasteiger partial charge in [-0.05, 0) is 17.7 Å². The van der Waals surface area contributed by atoms with Crippen LogP contribution in [0.25, 0.3) is 0 Å². The number of esters is 1. The second-order valence-electron chi connectivity index (χ2n) is 2.90. The molecule has 0 fully saturated rings. The van der Waals surface area contributed by atoms with Gasteiger partial charge in [0, 0.05) is 5.56 Å². The molecule has 0 saturated heterocycles. The van der Waals surface area contributed by atoms with Gasteiger partial charge in [-0.1, -0.05) is 6.07 Å². The third kappa shape index (κ3) is 1.54. The van der Waals surface area contributed by atoms with Gasteiger partial charge in [0.25, 0.3) is 0 Å². The van der Waals surface area contributed by atoms with Crippen molar-refractivity contribution in [1.82, 2.24) is 0 Å². The molecule has 2 rings (SSSR count). The second-order valence-corrected chi connectivity index (χ2v) is 2.90. The lowest BCUT2D eigenvalue weighted by atomic mass is 10.1. The summed E-state index contributed by atoms with van der Waals surface area (Å²) < 4.78 is 4.93. The average molecular weight is 179 g/mol. The summed E-state index contributed by atoms with van der Waals surface area (Å²) in [6.45, 7) is 0.349. The highest BCUT2D eigenvalue weighted by Gasteiger charge is 2.19. The van der Waals surface area contributed by atoms with Gasteiger partial charge >= 0.3 is 5.97 Å². The molecule has 4 nitrogen and oxygen atoms in total. The van der Waals surface area contributed by atoms with Crippen molar-refractivity contribution in [3.05, 3.63) is 29.3 Å². The van der Waals surface area contributed by atoms with Crippen LogP contribution in [0.1, 0.15) is 11.1 Å². The third-order valence-corrected chi connectivity index (χ3v) is 1.93. The molecule has 4 heteroatoms. The first-order valence-electron chi connectivity index (χ1n) is 3.94. The van der Waals surface area contributed by atoms with Crippen LogP contribution in [-0.2, 0) is 22.7 Å². The van der Waals surface area contributed by atoms with Crippen molar-refractivity contribution >= 4 is 5.97 Å².